The molecule has 0 aliphatic heterocycles. The molecule has 722 valence electrons. The van der Waals surface area contributed by atoms with Crippen molar-refractivity contribution in [3.8, 4) is 46.3 Å². The number of oxazole rings is 1. The summed E-state index contributed by atoms with van der Waals surface area (Å²) in [5.74, 6) is 3.84. The Balaban J connectivity index is 0.000000166. The van der Waals surface area contributed by atoms with Crippen molar-refractivity contribution in [2.75, 3.05) is 62.9 Å². The molecular formula is C82H84ClN33O15S8. The smallest absolute Gasteiger partial charge is 0.273 e. The van der Waals surface area contributed by atoms with Crippen LogP contribution in [0.4, 0.5) is 64.1 Å². The number of rotatable bonds is 32. The van der Waals surface area contributed by atoms with Crippen LogP contribution in [-0.4, -0.2) is 206 Å². The molecule has 0 radical (unpaired) electrons. The lowest BCUT2D eigenvalue weighted by molar-refractivity contribution is 0.0376. The van der Waals surface area contributed by atoms with E-state index in [1.807, 2.05) is 52.0 Å². The number of H-pyrrole nitrogens is 4. The fourth-order valence-electron chi connectivity index (χ4n) is 11.7. The summed E-state index contributed by atoms with van der Waals surface area (Å²) in [5, 5.41) is 74.4. The number of hydrogen-bond acceptors (Lipinski definition) is 44. The third-order valence-electron chi connectivity index (χ3n) is 18.5. The van der Waals surface area contributed by atoms with Gasteiger partial charge in [-0.05, 0) is 126 Å². The minimum absolute atomic E-state index is 0.00747. The summed E-state index contributed by atoms with van der Waals surface area (Å²) in [5.41, 5.74) is 27.6. The highest BCUT2D eigenvalue weighted by Crippen LogP contribution is 2.39. The number of halogens is 1. The molecule has 0 saturated heterocycles. The minimum atomic E-state index is -1.50. The molecule has 48 nitrogen and oxygen atoms in total. The van der Waals surface area contributed by atoms with Crippen LogP contribution in [0.3, 0.4) is 0 Å². The van der Waals surface area contributed by atoms with E-state index in [1.54, 1.807) is 58.3 Å². The molecule has 25 N–H and O–H groups in total. The molecular weight excluding hydrogens is 1980 g/mol. The molecule has 15 rings (SSSR count). The first kappa shape index (κ1) is 103. The topological polar surface area (TPSA) is 741 Å². The molecule has 4 atom stereocenters. The number of aliphatic imine (C=N–C) groups is 4. The number of aromatic hydroxyl groups is 1. The van der Waals surface area contributed by atoms with Crippen LogP contribution in [0, 0.1) is 32.6 Å². The number of aromatic nitrogens is 17. The third kappa shape index (κ3) is 26.1. The first-order valence-corrected chi connectivity index (χ1v) is 47.6. The summed E-state index contributed by atoms with van der Waals surface area (Å²) >= 11 is 14.4. The second-order valence-electron chi connectivity index (χ2n) is 28.7. The van der Waals surface area contributed by atoms with E-state index in [-0.39, 0.29) is 119 Å². The Kier molecular flexibility index (Phi) is 35.1. The third-order valence-corrected chi connectivity index (χ3v) is 26.0. The van der Waals surface area contributed by atoms with Gasteiger partial charge in [-0.1, -0.05) is 101 Å². The van der Waals surface area contributed by atoms with Crippen LogP contribution in [0.2, 0.25) is 5.02 Å². The fourth-order valence-corrected chi connectivity index (χ4v) is 18.5. The molecule has 1 aromatic carbocycles. The van der Waals surface area contributed by atoms with Gasteiger partial charge in [0.25, 0.3) is 45.9 Å². The van der Waals surface area contributed by atoms with Gasteiger partial charge in [-0.2, -0.15) is 9.97 Å². The summed E-state index contributed by atoms with van der Waals surface area (Å²) in [4.78, 5) is 172. The number of aliphatic hydroxyl groups is 4. The molecule has 0 fully saturated rings. The number of amides is 4. The van der Waals surface area contributed by atoms with Crippen molar-refractivity contribution < 1.29 is 53.9 Å². The lowest BCUT2D eigenvalue weighted by atomic mass is 10.1. The summed E-state index contributed by atoms with van der Waals surface area (Å²) in [6.45, 7) is 15.2. The molecule has 139 heavy (non-hydrogen) atoms. The van der Waals surface area contributed by atoms with Crippen LogP contribution < -0.4 is 92.4 Å². The van der Waals surface area contributed by atoms with E-state index in [1.165, 1.54) is 57.6 Å². The number of aromatic amines is 4. The highest BCUT2D eigenvalue weighted by atomic mass is 35.5. The highest BCUT2D eigenvalue weighted by molar-refractivity contribution is 7.20. The number of anilines is 12. The quantitative estimate of drug-likeness (QED) is 0.0106. The van der Waals surface area contributed by atoms with Gasteiger partial charge in [-0.15, -0.1) is 5.92 Å². The highest BCUT2D eigenvalue weighted by Gasteiger charge is 2.29. The number of nitrogens with two attached hydrogens (primary N) is 4. The standard InChI is InChI=1S/C22H21ClN8O3S2.C20H21N9O4S2.C20H20N8O5S2.C20H22N8O3S2/c1-9(2)27-17(24)13-18(32)31-36-21(13)30-22-29-20(34)16(35-22)19(33)28-14-10(3)15(26-8-11(14)23)12-6-4-5-7-25-12;1-3-11(7-30)26-15(21)13-16(31)29-35-18(13)28-20-25-9(2)14(34-20)17(32)27-19-23-4-10(5-24-19)12-6-22-8-33-12;1-8(29)14(30)24-13(21)11-15(31)28-35-18(11)27-20-26-17(33-2)12(34-20)16(32)25-19-22-7-9-5-3-4-6-10(9)23-19;1-4-6-11-7-22-19(23-8-11)26-17(31)14-10(3)24-20(32-14)27-18-13(16(30)28-33-18)15(21)25-12(5-2)9-29/h4-9,34H,1-3H3,(H2,24,27)(H,29,30)(H,31,32)(H,26,28,33);4-6,8,11,30H,3,7H2,1-2H3,(H2,21,26)(H,25,28)(H,29,31)(H,23,24,27,32);3-8,14,29-30H,1-2H3,(H2,21,24)(H,26,27)(H,28,31)(H,22,23,25,32);7-8,12,29H,5,9H2,1-3H3,(H2,21,25)(H,24,27)(H,28,30)(H,22,23,26,31). The van der Waals surface area contributed by atoms with Crippen molar-refractivity contribution in [2.45, 2.75) is 106 Å². The van der Waals surface area contributed by atoms with Crippen molar-refractivity contribution in [3.63, 3.8) is 0 Å². The van der Waals surface area contributed by atoms with Gasteiger partial charge < -0.3 is 84.2 Å². The van der Waals surface area contributed by atoms with Crippen LogP contribution in [-0.2, 0) is 0 Å². The molecule has 4 unspecified atom stereocenters. The average molecular weight is 2060 g/mol. The molecule has 14 heterocycles. The van der Waals surface area contributed by atoms with Gasteiger partial charge >= 0.3 is 0 Å². The first-order valence-electron chi connectivity index (χ1n) is 40.7. The van der Waals surface area contributed by atoms with E-state index >= 15 is 0 Å². The number of para-hydroxylation sites is 1. The number of methoxy groups -OCH3 is 1. The van der Waals surface area contributed by atoms with Gasteiger partial charge in [0.1, 0.15) is 75.4 Å². The molecule has 0 saturated carbocycles. The molecule has 15 aromatic rings. The number of hydrogen-bond donors (Lipinski definition) is 21. The van der Waals surface area contributed by atoms with Gasteiger partial charge in [-0.3, -0.25) is 96.7 Å². The maximum Gasteiger partial charge on any atom is 0.273 e. The number of nitrogens with zero attached hydrogens (tertiary/aromatic N) is 17. The Morgan fingerprint density at radius 3 is 1.47 bits per heavy atom. The van der Waals surface area contributed by atoms with E-state index in [0.717, 1.165) is 96.9 Å². The Hall–Kier alpha value is -15.3. The number of nitrogens with one attached hydrogen (secondary N) is 12. The van der Waals surface area contributed by atoms with Crippen LogP contribution in [0.15, 0.2) is 142 Å². The van der Waals surface area contributed by atoms with Crippen LogP contribution >= 0.6 is 103 Å². The number of amidine groups is 4. The van der Waals surface area contributed by atoms with Crippen molar-refractivity contribution in [2.24, 2.45) is 42.9 Å². The fraction of sp³-hybridized carbons (Fsp3) is 0.232. The maximum atomic E-state index is 13.0. The van der Waals surface area contributed by atoms with Gasteiger partial charge in [-0.25, -0.2) is 49.8 Å². The number of pyridine rings is 2. The Labute approximate surface area is 822 Å². The molecule has 14 aromatic heterocycles. The summed E-state index contributed by atoms with van der Waals surface area (Å²) in [7, 11) is 1.37. The van der Waals surface area contributed by atoms with Gasteiger partial charge in [0.2, 0.25) is 29.6 Å². The summed E-state index contributed by atoms with van der Waals surface area (Å²) < 4.78 is 20.8. The molecule has 0 aliphatic carbocycles. The van der Waals surface area contributed by atoms with Gasteiger partial charge in [0.15, 0.2) is 48.7 Å². The van der Waals surface area contributed by atoms with E-state index < -0.39 is 76.2 Å². The van der Waals surface area contributed by atoms with Gasteiger partial charge in [0, 0.05) is 60.4 Å². The Bertz CT molecular complexity index is 7360. The Morgan fingerprint density at radius 1 is 0.540 bits per heavy atom. The number of carbonyl (C=O) groups excluding carboxylic acids is 4. The van der Waals surface area contributed by atoms with E-state index in [0.29, 0.717) is 104 Å². The average Bonchev–Trinajstić information content (AvgIpc) is 1.74. The van der Waals surface area contributed by atoms with Crippen molar-refractivity contribution in [3.05, 3.63) is 209 Å². The number of carbonyl (C=O) groups is 4. The largest absolute Gasteiger partial charge is 0.492 e. The summed E-state index contributed by atoms with van der Waals surface area (Å²) in [6.07, 6.45) is 12.0. The second-order valence-corrected chi connectivity index (χ2v) is 36.4. The molecule has 57 heteroatoms. The normalized spacial score (nSPS) is 12.4. The Morgan fingerprint density at radius 2 is 0.993 bits per heavy atom. The van der Waals surface area contributed by atoms with Crippen molar-refractivity contribution in [1.82, 2.24) is 82.3 Å². The minimum Gasteiger partial charge on any atom is -0.492 e. The zero-order valence-corrected chi connectivity index (χ0v) is 81.6. The zero-order valence-electron chi connectivity index (χ0n) is 74.3. The van der Waals surface area contributed by atoms with Crippen LogP contribution in [0.1, 0.15) is 138 Å². The molecule has 0 bridgehead atoms. The number of ether oxygens (including phenoxy) is 1. The van der Waals surface area contributed by atoms with E-state index in [9.17, 15) is 63.9 Å². The summed E-state index contributed by atoms with van der Waals surface area (Å²) in [6, 6.07) is 11.8. The lowest BCUT2D eigenvalue weighted by Crippen LogP contribution is -2.28. The number of benzene rings is 1. The SMILES string of the molecule is CC#Cc1cnc(NC(=O)c2sc(Nc3s[nH]c(=O)c3C(N)=NC(CC)CO)nc2C)nc1.CCC(CO)N=C(N)c1c(Nc2nc(C)c(C(=O)Nc3ncc(-c4cnco4)cn3)s2)s[nH]c1=O.COc1nc(Nc2s[nH]c(=O)c2C(N)=NC(O)C(C)O)sc1C(=O)Nc1ncc2ccccc2n1.Cc1c(-c2ccccn2)ncc(Cl)c1NC(=O)c1sc(Nc2s[nH]c(=O)c2C(N)=NC(C)C)nc1O. The maximum absolute atomic E-state index is 13.0. The number of aryl methyl sites for hydroxylation is 2. The van der Waals surface area contributed by atoms with Gasteiger partial charge in [0.05, 0.1) is 94.8 Å². The van der Waals surface area contributed by atoms with Crippen LogP contribution in [0.25, 0.3) is 33.6 Å². The van der Waals surface area contributed by atoms with Crippen LogP contribution in [0.5, 0.6) is 11.8 Å². The monoisotopic (exact) mass is 2060 g/mol. The van der Waals surface area contributed by atoms with E-state index in [2.05, 4.69) is 157 Å². The second kappa shape index (κ2) is 47.5. The first-order chi connectivity index (χ1) is 66.7. The van der Waals surface area contributed by atoms with E-state index in [4.69, 9.17) is 43.7 Å². The molecule has 0 spiro atoms. The van der Waals surface area contributed by atoms with Crippen molar-refractivity contribution in [1.29, 1.82) is 0 Å². The zero-order chi connectivity index (χ0) is 100. The lowest BCUT2D eigenvalue weighted by Gasteiger charge is -2.13. The number of fused-ring (bicyclic) bond motifs is 1. The molecule has 0 aliphatic rings. The van der Waals surface area contributed by atoms with Crippen molar-refractivity contribution >= 4 is 225 Å². The predicted molar refractivity (Wildman–Crippen MR) is 538 cm³/mol. The molecule has 4 amide bonds. The number of thiazole rings is 4. The number of aliphatic hydroxyl groups excluding tert-OH is 4. The predicted octanol–water partition coefficient (Wildman–Crippen LogP) is 9.33.